The zero-order valence-electron chi connectivity index (χ0n) is 5.24. The van der Waals surface area contributed by atoms with Crippen molar-refractivity contribution < 1.29 is 14.4 Å². The Labute approximate surface area is 69.1 Å². The Morgan fingerprint density at radius 1 is 1.60 bits per heavy atom. The summed E-state index contributed by atoms with van der Waals surface area (Å²) in [6, 6.07) is 0. The maximum Gasteiger partial charge on any atom is 0.345 e. The highest BCUT2D eigenvalue weighted by atomic mass is 35.5. The van der Waals surface area contributed by atoms with Crippen molar-refractivity contribution in [1.82, 2.24) is 3.94 Å². The normalized spacial score (nSPS) is 15.8. The highest BCUT2D eigenvalue weighted by molar-refractivity contribution is 7.52. The van der Waals surface area contributed by atoms with Gasteiger partial charge in [-0.1, -0.05) is 6.92 Å². The highest BCUT2D eigenvalue weighted by Gasteiger charge is 2.31. The molecule has 0 heterocycles. The number of hydrogen-bond donors (Lipinski definition) is 2. The quantitative estimate of drug-likeness (QED) is 0.545. The molecule has 10 heavy (non-hydrogen) atoms. The van der Waals surface area contributed by atoms with Crippen LogP contribution in [0.4, 0.5) is 0 Å². The van der Waals surface area contributed by atoms with Gasteiger partial charge < -0.3 is 9.79 Å². The molecule has 0 fully saturated rings. The van der Waals surface area contributed by atoms with Gasteiger partial charge in [0.25, 0.3) is 0 Å². The van der Waals surface area contributed by atoms with E-state index in [1.165, 1.54) is 0 Å². The third-order valence-corrected chi connectivity index (χ3v) is 3.09. The Balaban J connectivity index is 4.22. The van der Waals surface area contributed by atoms with Gasteiger partial charge in [-0.05, 0) is 30.0 Å². The van der Waals surface area contributed by atoms with Crippen molar-refractivity contribution in [2.45, 2.75) is 19.1 Å². The minimum atomic E-state index is -4.17. The molecule has 1 atom stereocenters. The monoisotopic (exact) mass is 207 g/mol. The molecule has 4 nitrogen and oxygen atoms in total. The second-order valence-corrected chi connectivity index (χ2v) is 4.41. The Bertz CT molecular complexity index is 147. The van der Waals surface area contributed by atoms with Gasteiger partial charge in [-0.2, -0.15) is 0 Å². The second-order valence-electron chi connectivity index (χ2n) is 1.74. The molecule has 0 aromatic heterocycles. The molecule has 0 bridgehead atoms. The molecular weight excluding hydrogens is 200 g/mol. The average Bonchev–Trinajstić information content (AvgIpc) is 1.60. The fourth-order valence-corrected chi connectivity index (χ4v) is 2.15. The highest BCUT2D eigenvalue weighted by Crippen LogP contribution is 2.45. The number of hydrogen-bond acceptors (Lipinski definition) is 2. The van der Waals surface area contributed by atoms with Gasteiger partial charge in [0, 0.05) is 0 Å². The first kappa shape index (κ1) is 10.7. The molecule has 0 saturated heterocycles. The van der Waals surface area contributed by atoms with Gasteiger partial charge in [-0.15, -0.1) is 3.94 Å². The van der Waals surface area contributed by atoms with E-state index in [1.807, 2.05) is 0 Å². The summed E-state index contributed by atoms with van der Waals surface area (Å²) in [5.41, 5.74) is 0. The van der Waals surface area contributed by atoms with Crippen LogP contribution in [0.5, 0.6) is 0 Å². The van der Waals surface area contributed by atoms with Crippen LogP contribution in [-0.2, 0) is 4.57 Å². The van der Waals surface area contributed by atoms with E-state index >= 15 is 0 Å². The van der Waals surface area contributed by atoms with E-state index in [-0.39, 0.29) is 6.42 Å². The van der Waals surface area contributed by atoms with Gasteiger partial charge in [-0.3, -0.25) is 4.57 Å². The average molecular weight is 208 g/mol. The standard InChI is InChI=1S/C3H8Cl2NO3P/c1-2-3(6(4)5)10(7,8)9/h3H,2H2,1H3,(H2,7,8,9). The van der Waals surface area contributed by atoms with Crippen LogP contribution in [0.15, 0.2) is 0 Å². The van der Waals surface area contributed by atoms with Gasteiger partial charge in [0.05, 0.1) is 0 Å². The third kappa shape index (κ3) is 3.19. The van der Waals surface area contributed by atoms with Gasteiger partial charge in [0.15, 0.2) is 0 Å². The van der Waals surface area contributed by atoms with Gasteiger partial charge >= 0.3 is 7.60 Å². The fraction of sp³-hybridized carbons (Fsp3) is 1.00. The number of nitrogens with zero attached hydrogens (tertiary/aromatic N) is 1. The van der Waals surface area contributed by atoms with E-state index in [2.05, 4.69) is 0 Å². The fourth-order valence-electron chi connectivity index (χ4n) is 0.490. The van der Waals surface area contributed by atoms with Gasteiger partial charge in [0.2, 0.25) is 0 Å². The molecule has 62 valence electrons. The minimum absolute atomic E-state index is 0.206. The molecule has 0 radical (unpaired) electrons. The van der Waals surface area contributed by atoms with Crippen molar-refractivity contribution in [1.29, 1.82) is 0 Å². The molecule has 0 aromatic carbocycles. The SMILES string of the molecule is CCC(N(Cl)Cl)P(=O)(O)O. The molecule has 0 spiro atoms. The Kier molecular flexibility index (Phi) is 4.17. The molecule has 0 aliphatic rings. The summed E-state index contributed by atoms with van der Waals surface area (Å²) >= 11 is 10.3. The van der Waals surface area contributed by atoms with Crippen molar-refractivity contribution >= 4 is 31.1 Å². The minimum Gasteiger partial charge on any atom is -0.323 e. The zero-order chi connectivity index (χ0) is 8.36. The van der Waals surface area contributed by atoms with Crippen LogP contribution in [0.3, 0.4) is 0 Å². The molecule has 0 aliphatic carbocycles. The summed E-state index contributed by atoms with van der Waals surface area (Å²) in [5, 5.41) is 0. The van der Waals surface area contributed by atoms with Crippen molar-refractivity contribution in [2.75, 3.05) is 0 Å². The summed E-state index contributed by atoms with van der Waals surface area (Å²) in [7, 11) is -4.17. The van der Waals surface area contributed by atoms with Crippen molar-refractivity contribution in [3.63, 3.8) is 0 Å². The van der Waals surface area contributed by atoms with Crippen LogP contribution in [0.2, 0.25) is 0 Å². The molecule has 0 saturated carbocycles. The van der Waals surface area contributed by atoms with Crippen molar-refractivity contribution in [3.05, 3.63) is 0 Å². The van der Waals surface area contributed by atoms with Crippen molar-refractivity contribution in [2.24, 2.45) is 0 Å². The third-order valence-electron chi connectivity index (χ3n) is 0.979. The summed E-state index contributed by atoms with van der Waals surface area (Å²) in [6.07, 6.45) is 0.206. The Hall–Kier alpha value is 0.690. The molecule has 0 aliphatic heterocycles. The predicted molar refractivity (Wildman–Crippen MR) is 39.7 cm³/mol. The van der Waals surface area contributed by atoms with E-state index in [0.717, 1.165) is 0 Å². The van der Waals surface area contributed by atoms with Crippen LogP contribution in [0.25, 0.3) is 0 Å². The lowest BCUT2D eigenvalue weighted by Gasteiger charge is -2.18. The van der Waals surface area contributed by atoms with Crippen LogP contribution in [0, 0.1) is 0 Å². The van der Waals surface area contributed by atoms with Crippen LogP contribution < -0.4 is 0 Å². The predicted octanol–water partition coefficient (Wildman–Crippen LogP) is 1.51. The molecule has 2 N–H and O–H groups in total. The van der Waals surface area contributed by atoms with E-state index in [0.29, 0.717) is 3.94 Å². The van der Waals surface area contributed by atoms with Crippen LogP contribution in [-0.4, -0.2) is 19.5 Å². The van der Waals surface area contributed by atoms with E-state index in [1.54, 1.807) is 6.92 Å². The second kappa shape index (κ2) is 3.90. The first-order valence-electron chi connectivity index (χ1n) is 2.55. The Morgan fingerprint density at radius 3 is 2.00 bits per heavy atom. The number of halogens is 2. The summed E-state index contributed by atoms with van der Waals surface area (Å²) in [4.78, 5) is 17.1. The lowest BCUT2D eigenvalue weighted by atomic mass is 10.5. The smallest absolute Gasteiger partial charge is 0.323 e. The number of rotatable bonds is 3. The van der Waals surface area contributed by atoms with Crippen molar-refractivity contribution in [3.8, 4) is 0 Å². The maximum atomic E-state index is 10.5. The molecule has 7 heteroatoms. The lowest BCUT2D eigenvalue weighted by Crippen LogP contribution is -2.17. The summed E-state index contributed by atoms with van der Waals surface area (Å²) in [6.45, 7) is 1.58. The van der Waals surface area contributed by atoms with E-state index in [4.69, 9.17) is 33.3 Å². The van der Waals surface area contributed by atoms with Crippen LogP contribution >= 0.6 is 31.1 Å². The molecular formula is C3H8Cl2NO3P. The van der Waals surface area contributed by atoms with Crippen LogP contribution in [0.1, 0.15) is 13.3 Å². The summed E-state index contributed by atoms with van der Waals surface area (Å²) in [5.74, 6) is -1.10. The summed E-state index contributed by atoms with van der Waals surface area (Å²) < 4.78 is 11.0. The van der Waals surface area contributed by atoms with Gasteiger partial charge in [0.1, 0.15) is 5.78 Å². The zero-order valence-corrected chi connectivity index (χ0v) is 7.64. The maximum absolute atomic E-state index is 10.5. The Morgan fingerprint density at radius 2 is 2.00 bits per heavy atom. The molecule has 0 rings (SSSR count). The topological polar surface area (TPSA) is 60.8 Å². The first-order chi connectivity index (χ1) is 4.39. The van der Waals surface area contributed by atoms with E-state index in [9.17, 15) is 4.57 Å². The lowest BCUT2D eigenvalue weighted by molar-refractivity contribution is 0.337. The van der Waals surface area contributed by atoms with Gasteiger partial charge in [-0.25, -0.2) is 0 Å². The molecule has 0 aromatic rings. The largest absolute Gasteiger partial charge is 0.345 e. The van der Waals surface area contributed by atoms with E-state index < -0.39 is 13.4 Å². The molecule has 0 amide bonds. The first-order valence-corrected chi connectivity index (χ1v) is 4.91. The molecule has 1 unspecified atom stereocenters.